The van der Waals surface area contributed by atoms with E-state index in [1.807, 2.05) is 0 Å². The first-order valence-corrected chi connectivity index (χ1v) is 11.3. The summed E-state index contributed by atoms with van der Waals surface area (Å²) in [5.74, 6) is 0. The number of aliphatic hydroxyl groups is 2. The molecule has 0 aromatic carbocycles. The summed E-state index contributed by atoms with van der Waals surface area (Å²) in [5.41, 5.74) is 0. The van der Waals surface area contributed by atoms with Crippen molar-refractivity contribution < 1.29 is 10.2 Å². The van der Waals surface area contributed by atoms with Crippen LogP contribution in [-0.4, -0.2) is 36.5 Å². The molecule has 0 aliphatic rings. The molecule has 0 unspecified atom stereocenters. The molecule has 0 aromatic rings. The molecule has 0 rings (SSSR count). The van der Waals surface area contributed by atoms with Gasteiger partial charge < -0.3 is 15.5 Å². The van der Waals surface area contributed by atoms with Crippen LogP contribution < -0.4 is 5.32 Å². The van der Waals surface area contributed by atoms with Crippen molar-refractivity contribution >= 4 is 17.0 Å². The Labute approximate surface area is 174 Å². The lowest BCUT2D eigenvalue weighted by Gasteiger charge is -2.05. The summed E-state index contributed by atoms with van der Waals surface area (Å²) < 4.78 is 0. The summed E-state index contributed by atoms with van der Waals surface area (Å²) >= 11 is 0. The van der Waals surface area contributed by atoms with E-state index in [9.17, 15) is 0 Å². The van der Waals surface area contributed by atoms with Crippen LogP contribution in [0.2, 0.25) is 0 Å². The predicted molar refractivity (Wildman–Crippen MR) is 120 cm³/mol. The maximum Gasteiger partial charge on any atom is 0.0431 e. The van der Waals surface area contributed by atoms with E-state index < -0.39 is 0 Å². The lowest BCUT2D eigenvalue weighted by atomic mass is 10.1. The Kier molecular flexibility index (Phi) is 30.3. The first kappa shape index (κ1) is 28.6. The Bertz CT molecular complexity index is 208. The summed E-state index contributed by atoms with van der Waals surface area (Å²) in [6, 6.07) is 0. The fourth-order valence-electron chi connectivity index (χ4n) is 3.32. The van der Waals surface area contributed by atoms with E-state index in [2.05, 4.69) is 5.32 Å². The van der Waals surface area contributed by atoms with Gasteiger partial charge in [-0.15, -0.1) is 17.0 Å². The number of halogens is 1. The number of unbranched alkanes of at least 4 members (excludes halogenated alkanes) is 16. The van der Waals surface area contributed by atoms with Gasteiger partial charge in [0.15, 0.2) is 0 Å². The summed E-state index contributed by atoms with van der Waals surface area (Å²) in [6.45, 7) is 3.11. The lowest BCUT2D eigenvalue weighted by Crippen LogP contribution is -2.16. The van der Waals surface area contributed by atoms with Crippen molar-refractivity contribution in [2.24, 2.45) is 0 Å². The quantitative estimate of drug-likeness (QED) is 0.177. The van der Waals surface area contributed by atoms with Gasteiger partial charge in [0.25, 0.3) is 0 Å². The molecule has 0 atom stereocenters. The third kappa shape index (κ3) is 26.6. The third-order valence-electron chi connectivity index (χ3n) is 5.02. The van der Waals surface area contributed by atoms with Crippen LogP contribution in [0.1, 0.15) is 116 Å². The molecule has 4 heteroatoms. The fourth-order valence-corrected chi connectivity index (χ4v) is 3.32. The first-order valence-electron chi connectivity index (χ1n) is 11.3. The van der Waals surface area contributed by atoms with Crippen LogP contribution in [0.25, 0.3) is 0 Å². The molecule has 3 nitrogen and oxygen atoms in total. The maximum atomic E-state index is 8.71. The second-order valence-electron chi connectivity index (χ2n) is 7.56. The Morgan fingerprint density at radius 1 is 0.346 bits per heavy atom. The first-order chi connectivity index (χ1) is 12.4. The minimum atomic E-state index is 0. The average molecular weight is 439 g/mol. The monoisotopic (exact) mass is 437 g/mol. The molecule has 26 heavy (non-hydrogen) atoms. The highest BCUT2D eigenvalue weighted by Crippen LogP contribution is 2.10. The van der Waals surface area contributed by atoms with Crippen LogP contribution in [0.3, 0.4) is 0 Å². The highest BCUT2D eigenvalue weighted by molar-refractivity contribution is 8.93. The molecule has 160 valence electrons. The van der Waals surface area contributed by atoms with Crippen LogP contribution in [0, 0.1) is 0 Å². The molecule has 0 radical (unpaired) electrons. The summed E-state index contributed by atoms with van der Waals surface area (Å²) in [7, 11) is 0. The molecule has 0 fully saturated rings. The number of hydrogen-bond donors (Lipinski definition) is 3. The minimum absolute atomic E-state index is 0. The van der Waals surface area contributed by atoms with Crippen molar-refractivity contribution in [1.29, 1.82) is 0 Å². The summed E-state index contributed by atoms with van der Waals surface area (Å²) in [4.78, 5) is 0. The van der Waals surface area contributed by atoms with Gasteiger partial charge in [-0.1, -0.05) is 89.9 Å². The van der Waals surface area contributed by atoms with Gasteiger partial charge in [0.2, 0.25) is 0 Å². The van der Waals surface area contributed by atoms with Crippen LogP contribution in [0.4, 0.5) is 0 Å². The Hall–Kier alpha value is 0.360. The number of hydrogen-bond acceptors (Lipinski definition) is 3. The van der Waals surface area contributed by atoms with Crippen molar-refractivity contribution in [2.75, 3.05) is 26.3 Å². The molecular formula is C22H48BrNO2. The smallest absolute Gasteiger partial charge is 0.0431 e. The van der Waals surface area contributed by atoms with E-state index in [0.717, 1.165) is 12.8 Å². The zero-order valence-electron chi connectivity index (χ0n) is 17.4. The van der Waals surface area contributed by atoms with Gasteiger partial charge in [-0.3, -0.25) is 0 Å². The van der Waals surface area contributed by atoms with Gasteiger partial charge in [-0.05, 0) is 38.8 Å². The van der Waals surface area contributed by atoms with Gasteiger partial charge in [-0.2, -0.15) is 0 Å². The van der Waals surface area contributed by atoms with Crippen LogP contribution in [-0.2, 0) is 0 Å². The maximum absolute atomic E-state index is 8.71. The van der Waals surface area contributed by atoms with E-state index >= 15 is 0 Å². The molecule has 0 spiro atoms. The molecule has 0 heterocycles. The van der Waals surface area contributed by atoms with Crippen LogP contribution in [0.5, 0.6) is 0 Å². The van der Waals surface area contributed by atoms with Crippen molar-refractivity contribution in [3.63, 3.8) is 0 Å². The molecule has 0 amide bonds. The van der Waals surface area contributed by atoms with Crippen molar-refractivity contribution in [1.82, 2.24) is 5.32 Å². The lowest BCUT2D eigenvalue weighted by molar-refractivity contribution is 0.282. The van der Waals surface area contributed by atoms with Gasteiger partial charge in [-0.25, -0.2) is 0 Å². The zero-order valence-corrected chi connectivity index (χ0v) is 19.1. The van der Waals surface area contributed by atoms with Gasteiger partial charge in [0.1, 0.15) is 0 Å². The molecule has 0 bridgehead atoms. The van der Waals surface area contributed by atoms with Crippen LogP contribution >= 0.6 is 17.0 Å². The second-order valence-corrected chi connectivity index (χ2v) is 7.56. The Balaban J connectivity index is 0. The molecule has 0 aliphatic heterocycles. The van der Waals surface area contributed by atoms with E-state index in [-0.39, 0.29) is 17.0 Å². The molecule has 0 saturated heterocycles. The largest absolute Gasteiger partial charge is 0.396 e. The zero-order chi connectivity index (χ0) is 18.3. The van der Waals surface area contributed by atoms with Crippen molar-refractivity contribution in [2.45, 2.75) is 116 Å². The fraction of sp³-hybridized carbons (Fsp3) is 1.00. The Morgan fingerprint density at radius 2 is 0.577 bits per heavy atom. The summed E-state index contributed by atoms with van der Waals surface area (Å²) in [5, 5.41) is 21.0. The van der Waals surface area contributed by atoms with E-state index in [1.165, 1.54) is 116 Å². The van der Waals surface area contributed by atoms with E-state index in [4.69, 9.17) is 10.2 Å². The normalized spacial score (nSPS) is 10.8. The highest BCUT2D eigenvalue weighted by atomic mass is 79.9. The Morgan fingerprint density at radius 3 is 0.846 bits per heavy atom. The van der Waals surface area contributed by atoms with Gasteiger partial charge in [0, 0.05) is 13.2 Å². The highest BCUT2D eigenvalue weighted by Gasteiger charge is 1.94. The number of aliphatic hydroxyl groups excluding tert-OH is 2. The SMILES string of the molecule is Br.OCCCCCCCCCCCNCCCCCCCCCCCO. The van der Waals surface area contributed by atoms with E-state index in [0.29, 0.717) is 13.2 Å². The van der Waals surface area contributed by atoms with Gasteiger partial charge in [0.05, 0.1) is 0 Å². The van der Waals surface area contributed by atoms with Gasteiger partial charge >= 0.3 is 0 Å². The van der Waals surface area contributed by atoms with E-state index in [1.54, 1.807) is 0 Å². The minimum Gasteiger partial charge on any atom is -0.396 e. The molecular weight excluding hydrogens is 390 g/mol. The standard InChI is InChI=1S/C22H47NO2.BrH/c24-21-17-13-9-5-1-3-7-11-15-19-23-20-16-12-8-4-2-6-10-14-18-22-25;/h23-25H,1-22H2;1H. The number of nitrogens with one attached hydrogen (secondary N) is 1. The number of rotatable bonds is 22. The van der Waals surface area contributed by atoms with Crippen molar-refractivity contribution in [3.8, 4) is 0 Å². The topological polar surface area (TPSA) is 52.5 Å². The second kappa shape index (κ2) is 27.6. The van der Waals surface area contributed by atoms with Crippen molar-refractivity contribution in [3.05, 3.63) is 0 Å². The predicted octanol–water partition coefficient (Wildman–Crippen LogP) is 6.16. The summed E-state index contributed by atoms with van der Waals surface area (Å²) in [6.07, 6.45) is 23.4. The molecule has 0 saturated carbocycles. The molecule has 0 aliphatic carbocycles. The molecule has 0 aromatic heterocycles. The third-order valence-corrected chi connectivity index (χ3v) is 5.02. The van der Waals surface area contributed by atoms with Crippen LogP contribution in [0.15, 0.2) is 0 Å². The molecule has 3 N–H and O–H groups in total. The average Bonchev–Trinajstić information content (AvgIpc) is 2.63.